The van der Waals surface area contributed by atoms with Crippen molar-refractivity contribution in [3.05, 3.63) is 78.0 Å². The van der Waals surface area contributed by atoms with Gasteiger partial charge in [0.05, 0.1) is 6.10 Å². The van der Waals surface area contributed by atoms with Crippen molar-refractivity contribution in [2.75, 3.05) is 10.6 Å². The summed E-state index contributed by atoms with van der Waals surface area (Å²) >= 11 is 0. The molecule has 0 bridgehead atoms. The van der Waals surface area contributed by atoms with Gasteiger partial charge in [-0.25, -0.2) is 13.8 Å². The Morgan fingerprint density at radius 2 is 1.71 bits per heavy atom. The number of benzene rings is 2. The van der Waals surface area contributed by atoms with Crippen LogP contribution in [0.25, 0.3) is 0 Å². The predicted octanol–water partition coefficient (Wildman–Crippen LogP) is 5.14. The average Bonchev–Trinajstić information content (AvgIpc) is 2.66. The summed E-state index contributed by atoms with van der Waals surface area (Å²) in [5.41, 5.74) is 0.473. The van der Waals surface area contributed by atoms with E-state index in [1.165, 1.54) is 24.4 Å². The summed E-state index contributed by atoms with van der Waals surface area (Å²) in [4.78, 5) is 16.5. The van der Waals surface area contributed by atoms with Gasteiger partial charge < -0.3 is 15.4 Å². The quantitative estimate of drug-likeness (QED) is 0.618. The number of hydrogen-bond donors (Lipinski definition) is 2. The SMILES string of the molecule is CC(C)Oc1ccc(Nc2cc(C(=O)Nc3c(F)cccc3F)ccn2)cc1. The zero-order valence-corrected chi connectivity index (χ0v) is 15.4. The van der Waals surface area contributed by atoms with E-state index >= 15 is 0 Å². The molecular weight excluding hydrogens is 364 g/mol. The molecule has 3 rings (SSSR count). The van der Waals surface area contributed by atoms with Gasteiger partial charge in [0.25, 0.3) is 5.91 Å². The van der Waals surface area contributed by atoms with E-state index in [-0.39, 0.29) is 11.7 Å². The van der Waals surface area contributed by atoms with Crippen molar-refractivity contribution >= 4 is 23.1 Å². The smallest absolute Gasteiger partial charge is 0.256 e. The largest absolute Gasteiger partial charge is 0.491 e. The van der Waals surface area contributed by atoms with Crippen LogP contribution in [-0.4, -0.2) is 17.0 Å². The van der Waals surface area contributed by atoms with Crippen LogP contribution in [-0.2, 0) is 0 Å². The first-order valence-corrected chi connectivity index (χ1v) is 8.67. The fourth-order valence-corrected chi connectivity index (χ4v) is 2.48. The van der Waals surface area contributed by atoms with Crippen molar-refractivity contribution in [3.8, 4) is 5.75 Å². The molecule has 0 spiro atoms. The van der Waals surface area contributed by atoms with Crippen molar-refractivity contribution in [1.29, 1.82) is 0 Å². The molecule has 0 fully saturated rings. The lowest BCUT2D eigenvalue weighted by Gasteiger charge is -2.11. The Kier molecular flexibility index (Phi) is 5.84. The van der Waals surface area contributed by atoms with E-state index in [1.807, 2.05) is 38.1 Å². The number of carbonyl (C=O) groups excluding carboxylic acids is 1. The van der Waals surface area contributed by atoms with Crippen molar-refractivity contribution in [3.63, 3.8) is 0 Å². The van der Waals surface area contributed by atoms with Gasteiger partial charge in [-0.3, -0.25) is 4.79 Å². The highest BCUT2D eigenvalue weighted by Crippen LogP contribution is 2.22. The summed E-state index contributed by atoms with van der Waals surface area (Å²) in [6.07, 6.45) is 1.51. The Hall–Kier alpha value is -3.48. The number of anilines is 3. The summed E-state index contributed by atoms with van der Waals surface area (Å²) < 4.78 is 33.0. The summed E-state index contributed by atoms with van der Waals surface area (Å²) in [7, 11) is 0. The molecule has 0 atom stereocenters. The summed E-state index contributed by atoms with van der Waals surface area (Å²) in [6.45, 7) is 3.89. The minimum Gasteiger partial charge on any atom is -0.491 e. The molecule has 28 heavy (non-hydrogen) atoms. The minimum absolute atomic E-state index is 0.0787. The van der Waals surface area contributed by atoms with Gasteiger partial charge in [0.2, 0.25) is 0 Å². The minimum atomic E-state index is -0.843. The molecule has 144 valence electrons. The second-order valence-corrected chi connectivity index (χ2v) is 6.30. The van der Waals surface area contributed by atoms with Crippen LogP contribution in [0.15, 0.2) is 60.8 Å². The van der Waals surface area contributed by atoms with E-state index < -0.39 is 23.2 Å². The number of carbonyl (C=O) groups is 1. The molecule has 0 aliphatic carbocycles. The zero-order chi connectivity index (χ0) is 20.1. The lowest BCUT2D eigenvalue weighted by molar-refractivity contribution is 0.102. The van der Waals surface area contributed by atoms with E-state index in [2.05, 4.69) is 15.6 Å². The monoisotopic (exact) mass is 383 g/mol. The summed E-state index contributed by atoms with van der Waals surface area (Å²) in [5.74, 6) is -1.17. The van der Waals surface area contributed by atoms with Gasteiger partial charge in [-0.05, 0) is 62.4 Å². The van der Waals surface area contributed by atoms with Crippen molar-refractivity contribution in [2.24, 2.45) is 0 Å². The van der Waals surface area contributed by atoms with Crippen molar-refractivity contribution in [2.45, 2.75) is 20.0 Å². The van der Waals surface area contributed by atoms with E-state index in [0.29, 0.717) is 5.82 Å². The summed E-state index contributed by atoms with van der Waals surface area (Å²) in [6, 6.07) is 13.6. The number of amides is 1. The number of hydrogen-bond acceptors (Lipinski definition) is 4. The van der Waals surface area contributed by atoms with Crippen LogP contribution in [0.3, 0.4) is 0 Å². The molecule has 1 amide bonds. The third kappa shape index (κ3) is 4.82. The van der Waals surface area contributed by atoms with Crippen LogP contribution in [0.1, 0.15) is 24.2 Å². The van der Waals surface area contributed by atoms with E-state index in [9.17, 15) is 13.6 Å². The second kappa shape index (κ2) is 8.47. The highest BCUT2D eigenvalue weighted by Gasteiger charge is 2.14. The number of nitrogens with one attached hydrogen (secondary N) is 2. The van der Waals surface area contributed by atoms with Gasteiger partial charge in [0, 0.05) is 17.4 Å². The highest BCUT2D eigenvalue weighted by molar-refractivity contribution is 6.04. The van der Waals surface area contributed by atoms with Gasteiger partial charge in [-0.15, -0.1) is 0 Å². The first kappa shape index (κ1) is 19.3. The number of ether oxygens (including phenoxy) is 1. The van der Waals surface area contributed by atoms with E-state index in [1.54, 1.807) is 0 Å². The predicted molar refractivity (Wildman–Crippen MR) is 104 cm³/mol. The van der Waals surface area contributed by atoms with Gasteiger partial charge in [-0.1, -0.05) is 6.07 Å². The molecule has 0 unspecified atom stereocenters. The number of para-hydroxylation sites is 1. The molecule has 0 aliphatic rings. The third-order valence-electron chi connectivity index (χ3n) is 3.72. The lowest BCUT2D eigenvalue weighted by Crippen LogP contribution is -2.14. The number of rotatable bonds is 6. The Balaban J connectivity index is 1.72. The molecule has 0 saturated carbocycles. The van der Waals surface area contributed by atoms with Crippen LogP contribution >= 0.6 is 0 Å². The lowest BCUT2D eigenvalue weighted by atomic mass is 10.2. The number of aromatic nitrogens is 1. The summed E-state index contributed by atoms with van der Waals surface area (Å²) in [5, 5.41) is 5.32. The number of halogens is 2. The molecule has 0 aliphatic heterocycles. The Labute approximate surface area is 161 Å². The van der Waals surface area contributed by atoms with Crippen LogP contribution in [0.4, 0.5) is 26.0 Å². The van der Waals surface area contributed by atoms with Gasteiger partial charge in [-0.2, -0.15) is 0 Å². The molecule has 2 N–H and O–H groups in total. The molecule has 5 nitrogen and oxygen atoms in total. The van der Waals surface area contributed by atoms with Crippen LogP contribution < -0.4 is 15.4 Å². The molecular formula is C21H19F2N3O2. The maximum Gasteiger partial charge on any atom is 0.256 e. The van der Waals surface area contributed by atoms with Crippen molar-refractivity contribution < 1.29 is 18.3 Å². The van der Waals surface area contributed by atoms with Crippen LogP contribution in [0.2, 0.25) is 0 Å². The van der Waals surface area contributed by atoms with Gasteiger partial charge in [0.1, 0.15) is 28.9 Å². The third-order valence-corrected chi connectivity index (χ3v) is 3.72. The molecule has 1 heterocycles. The first-order chi connectivity index (χ1) is 13.4. The molecule has 1 aromatic heterocycles. The van der Waals surface area contributed by atoms with E-state index in [0.717, 1.165) is 23.6 Å². The number of pyridine rings is 1. The van der Waals surface area contributed by atoms with Gasteiger partial charge in [0.15, 0.2) is 0 Å². The second-order valence-electron chi connectivity index (χ2n) is 6.30. The normalized spacial score (nSPS) is 10.6. The molecule has 0 radical (unpaired) electrons. The Bertz CT molecular complexity index is 955. The molecule has 7 heteroatoms. The topological polar surface area (TPSA) is 63.2 Å². The maximum absolute atomic E-state index is 13.7. The molecule has 2 aromatic carbocycles. The molecule has 0 saturated heterocycles. The van der Waals surface area contributed by atoms with Crippen molar-refractivity contribution in [1.82, 2.24) is 4.98 Å². The standard InChI is InChI=1S/C21H19F2N3O2/c1-13(2)28-16-8-6-15(7-9-16)25-19-12-14(10-11-24-19)21(27)26-20-17(22)4-3-5-18(20)23/h3-13H,1-2H3,(H,24,25)(H,26,27). The Morgan fingerprint density at radius 1 is 1.04 bits per heavy atom. The first-order valence-electron chi connectivity index (χ1n) is 8.67. The van der Waals surface area contributed by atoms with Crippen LogP contribution in [0.5, 0.6) is 5.75 Å². The Morgan fingerprint density at radius 3 is 2.36 bits per heavy atom. The average molecular weight is 383 g/mol. The number of nitrogens with zero attached hydrogens (tertiary/aromatic N) is 1. The fourth-order valence-electron chi connectivity index (χ4n) is 2.48. The zero-order valence-electron chi connectivity index (χ0n) is 15.4. The maximum atomic E-state index is 13.7. The fraction of sp³-hybridized carbons (Fsp3) is 0.143. The molecule has 3 aromatic rings. The van der Waals surface area contributed by atoms with E-state index in [4.69, 9.17) is 4.74 Å². The van der Waals surface area contributed by atoms with Crippen LogP contribution in [0, 0.1) is 11.6 Å². The van der Waals surface area contributed by atoms with Gasteiger partial charge >= 0.3 is 0 Å². The highest BCUT2D eigenvalue weighted by atomic mass is 19.1.